The van der Waals surface area contributed by atoms with E-state index in [-0.39, 0.29) is 36.4 Å². The highest BCUT2D eigenvalue weighted by atomic mass is 35.5. The summed E-state index contributed by atoms with van der Waals surface area (Å²) in [6.45, 7) is 9.94. The largest absolute Gasteiger partial charge is 0.388 e. The first-order chi connectivity index (χ1) is 16.1. The smallest absolute Gasteiger partial charge is 0.226 e. The van der Waals surface area contributed by atoms with E-state index in [1.54, 1.807) is 13.8 Å². The third-order valence-corrected chi connectivity index (χ3v) is 6.88. The number of halogens is 2. The molecule has 1 heterocycles. The van der Waals surface area contributed by atoms with Crippen LogP contribution in [0.1, 0.15) is 63.1 Å². The monoisotopic (exact) mass is 503 g/mol. The minimum absolute atomic E-state index is 0.0471. The van der Waals surface area contributed by atoms with Crippen LogP contribution in [0.2, 0.25) is 10.0 Å². The first-order valence-electron chi connectivity index (χ1n) is 11.9. The number of amides is 1. The highest BCUT2D eigenvalue weighted by Gasteiger charge is 2.45. The second-order valence-electron chi connectivity index (χ2n) is 9.75. The number of likely N-dealkylation sites (tertiary alicyclic amines) is 1. The van der Waals surface area contributed by atoms with Gasteiger partial charge in [-0.3, -0.25) is 4.79 Å². The normalized spacial score (nSPS) is 22.0. The zero-order valence-corrected chi connectivity index (χ0v) is 21.7. The number of hydrogen-bond donors (Lipinski definition) is 1. The number of rotatable bonds is 10. The lowest BCUT2D eigenvalue weighted by Gasteiger charge is -2.48. The number of allylic oxidation sites excluding steroid dienone is 1. The summed E-state index contributed by atoms with van der Waals surface area (Å²) in [5.41, 5.74) is 1.20. The number of carbonyl (C=O) groups is 1. The molecule has 0 saturated carbocycles. The van der Waals surface area contributed by atoms with Gasteiger partial charge in [0.1, 0.15) is 0 Å². The zero-order valence-electron chi connectivity index (χ0n) is 20.2. The molecular weight excluding hydrogens is 469 g/mol. The average molecular weight is 504 g/mol. The fourth-order valence-electron chi connectivity index (χ4n) is 4.83. The zero-order chi connectivity index (χ0) is 24.9. The molecule has 0 aliphatic carbocycles. The van der Waals surface area contributed by atoms with Crippen LogP contribution in [0, 0.1) is 5.92 Å². The Balaban J connectivity index is 2.08. The fraction of sp³-hybridized carbons (Fsp3) is 0.464. The maximum absolute atomic E-state index is 13.9. The minimum Gasteiger partial charge on any atom is -0.388 e. The molecule has 1 unspecified atom stereocenters. The van der Waals surface area contributed by atoms with Crippen molar-refractivity contribution in [3.8, 4) is 0 Å². The summed E-state index contributed by atoms with van der Waals surface area (Å²) < 4.78 is 5.91. The molecule has 0 aromatic heterocycles. The Morgan fingerprint density at radius 1 is 1.18 bits per heavy atom. The van der Waals surface area contributed by atoms with E-state index >= 15 is 0 Å². The Bertz CT molecular complexity index is 970. The Hall–Kier alpha value is -1.85. The highest BCUT2D eigenvalue weighted by Crippen LogP contribution is 2.47. The maximum atomic E-state index is 13.9. The first kappa shape index (κ1) is 26.7. The van der Waals surface area contributed by atoms with Crippen LogP contribution in [0.4, 0.5) is 0 Å². The maximum Gasteiger partial charge on any atom is 0.226 e. The number of hydrogen-bond acceptors (Lipinski definition) is 3. The summed E-state index contributed by atoms with van der Waals surface area (Å²) in [6.07, 6.45) is 3.87. The minimum atomic E-state index is -0.936. The van der Waals surface area contributed by atoms with E-state index < -0.39 is 5.60 Å². The van der Waals surface area contributed by atoms with Gasteiger partial charge >= 0.3 is 0 Å². The quantitative estimate of drug-likeness (QED) is 0.362. The first-order valence-corrected chi connectivity index (χ1v) is 12.6. The lowest BCUT2D eigenvalue weighted by molar-refractivity contribution is -0.149. The number of ether oxygens (including phenoxy) is 1. The van der Waals surface area contributed by atoms with Gasteiger partial charge in [-0.2, -0.15) is 0 Å². The van der Waals surface area contributed by atoms with Crippen LogP contribution in [-0.4, -0.2) is 40.8 Å². The predicted molar refractivity (Wildman–Crippen MR) is 139 cm³/mol. The van der Waals surface area contributed by atoms with Crippen molar-refractivity contribution in [1.29, 1.82) is 0 Å². The van der Waals surface area contributed by atoms with Crippen LogP contribution >= 0.6 is 23.2 Å². The van der Waals surface area contributed by atoms with Gasteiger partial charge in [-0.1, -0.05) is 60.5 Å². The summed E-state index contributed by atoms with van der Waals surface area (Å²) in [4.78, 5) is 15.9. The highest BCUT2D eigenvalue weighted by molar-refractivity contribution is 6.30. The second kappa shape index (κ2) is 11.7. The molecule has 0 spiro atoms. The van der Waals surface area contributed by atoms with E-state index in [1.165, 1.54) is 0 Å². The molecule has 1 aliphatic heterocycles. The number of aliphatic hydroxyl groups is 1. The summed E-state index contributed by atoms with van der Waals surface area (Å²) in [5, 5.41) is 11.4. The topological polar surface area (TPSA) is 49.8 Å². The van der Waals surface area contributed by atoms with Crippen molar-refractivity contribution in [2.75, 3.05) is 13.2 Å². The van der Waals surface area contributed by atoms with Crippen LogP contribution in [0.3, 0.4) is 0 Å². The molecule has 2 aromatic carbocycles. The molecule has 1 fully saturated rings. The second-order valence-corrected chi connectivity index (χ2v) is 10.6. The van der Waals surface area contributed by atoms with E-state index in [4.69, 9.17) is 27.9 Å². The van der Waals surface area contributed by atoms with Crippen LogP contribution in [-0.2, 0) is 9.53 Å². The van der Waals surface area contributed by atoms with Crippen LogP contribution < -0.4 is 0 Å². The molecule has 4 nitrogen and oxygen atoms in total. The van der Waals surface area contributed by atoms with Gasteiger partial charge in [0.2, 0.25) is 5.91 Å². The van der Waals surface area contributed by atoms with E-state index in [1.807, 2.05) is 53.4 Å². The molecular formula is C28H35Cl2NO3. The van der Waals surface area contributed by atoms with Crippen molar-refractivity contribution >= 4 is 29.1 Å². The van der Waals surface area contributed by atoms with Crippen molar-refractivity contribution < 1.29 is 14.6 Å². The van der Waals surface area contributed by atoms with Gasteiger partial charge in [-0.15, -0.1) is 6.58 Å². The fourth-order valence-corrected chi connectivity index (χ4v) is 5.16. The Kier molecular flexibility index (Phi) is 9.22. The lowest BCUT2D eigenvalue weighted by Crippen LogP contribution is -2.53. The standard InChI is InChI=1S/C28H35Cl2NO3/c1-5-8-21-16-25(20-9-7-10-23(30)15-20)26(19-11-13-22(29)14-12-19)31(27(21)32)24(6-2)17-34-18-28(3,4)33/h5,7,9-15,21,24-26,33H,1,6,8,16-18H2,2-4H3/t21-,24-,25?,26+/m0/s1. The number of carbonyl (C=O) groups excluding carboxylic acids is 1. The lowest BCUT2D eigenvalue weighted by atomic mass is 9.74. The molecule has 0 radical (unpaired) electrons. The van der Waals surface area contributed by atoms with Crippen molar-refractivity contribution in [3.05, 3.63) is 82.4 Å². The van der Waals surface area contributed by atoms with Gasteiger partial charge in [0.15, 0.2) is 0 Å². The molecule has 2 aromatic rings. The Labute approximate surface area is 213 Å². The molecule has 1 aliphatic rings. The molecule has 0 bridgehead atoms. The van der Waals surface area contributed by atoms with Gasteiger partial charge in [-0.05, 0) is 68.5 Å². The van der Waals surface area contributed by atoms with Gasteiger partial charge in [0.25, 0.3) is 0 Å². The van der Waals surface area contributed by atoms with Gasteiger partial charge in [0, 0.05) is 21.9 Å². The molecule has 1 amide bonds. The number of piperidine rings is 1. The van der Waals surface area contributed by atoms with Crippen LogP contribution in [0.5, 0.6) is 0 Å². The number of nitrogens with zero attached hydrogens (tertiary/aromatic N) is 1. The summed E-state index contributed by atoms with van der Waals surface area (Å²) in [7, 11) is 0. The van der Waals surface area contributed by atoms with E-state index in [0.29, 0.717) is 29.5 Å². The third-order valence-electron chi connectivity index (χ3n) is 6.39. The molecule has 1 N–H and O–H groups in total. The molecule has 4 atom stereocenters. The van der Waals surface area contributed by atoms with E-state index in [9.17, 15) is 9.90 Å². The molecule has 34 heavy (non-hydrogen) atoms. The Morgan fingerprint density at radius 2 is 1.88 bits per heavy atom. The number of benzene rings is 2. The molecule has 3 rings (SSSR count). The van der Waals surface area contributed by atoms with Crippen LogP contribution in [0.15, 0.2) is 61.2 Å². The summed E-state index contributed by atoms with van der Waals surface area (Å²) >= 11 is 12.6. The van der Waals surface area contributed by atoms with Crippen molar-refractivity contribution in [2.24, 2.45) is 5.92 Å². The van der Waals surface area contributed by atoms with E-state index in [2.05, 4.69) is 19.6 Å². The SMILES string of the molecule is C=CC[C@H]1CC(c2cccc(Cl)c2)[C@@H](c2ccc(Cl)cc2)N([C@@H](CC)COCC(C)(C)O)C1=O. The molecule has 1 saturated heterocycles. The van der Waals surface area contributed by atoms with Gasteiger partial charge in [-0.25, -0.2) is 0 Å². The Morgan fingerprint density at radius 3 is 2.47 bits per heavy atom. The predicted octanol–water partition coefficient (Wildman–Crippen LogP) is 6.81. The van der Waals surface area contributed by atoms with Crippen LogP contribution in [0.25, 0.3) is 0 Å². The van der Waals surface area contributed by atoms with E-state index in [0.717, 1.165) is 17.5 Å². The van der Waals surface area contributed by atoms with Crippen molar-refractivity contribution in [2.45, 2.75) is 63.6 Å². The summed E-state index contributed by atoms with van der Waals surface area (Å²) in [5.74, 6) is -0.0175. The van der Waals surface area contributed by atoms with Gasteiger partial charge < -0.3 is 14.7 Å². The average Bonchev–Trinajstić information content (AvgIpc) is 2.78. The third kappa shape index (κ3) is 6.63. The van der Waals surface area contributed by atoms with Crippen molar-refractivity contribution in [3.63, 3.8) is 0 Å². The molecule has 6 heteroatoms. The van der Waals surface area contributed by atoms with Crippen molar-refractivity contribution in [1.82, 2.24) is 4.90 Å². The summed E-state index contributed by atoms with van der Waals surface area (Å²) in [6, 6.07) is 15.3. The van der Waals surface area contributed by atoms with Gasteiger partial charge in [0.05, 0.1) is 30.9 Å². The molecule has 184 valence electrons.